The number of ether oxygens (including phenoxy) is 1. The molecule has 0 atom stereocenters. The van der Waals surface area contributed by atoms with E-state index in [1.807, 2.05) is 30.3 Å². The molecule has 0 amide bonds. The van der Waals surface area contributed by atoms with Gasteiger partial charge in [-0.2, -0.15) is 0 Å². The molecule has 96 valence electrons. The molecule has 0 spiro atoms. The molecule has 1 aromatic heterocycles. The van der Waals surface area contributed by atoms with Gasteiger partial charge in [0.25, 0.3) is 0 Å². The number of hydrogen-bond donors (Lipinski definition) is 0. The van der Waals surface area contributed by atoms with Crippen molar-refractivity contribution in [3.8, 4) is 5.75 Å². The summed E-state index contributed by atoms with van der Waals surface area (Å²) in [6.45, 7) is 0. The lowest BCUT2D eigenvalue weighted by molar-refractivity contribution is -0.137. The third kappa shape index (κ3) is 2.28. The largest absolute Gasteiger partial charge is 0.423 e. The minimum absolute atomic E-state index is 0.201. The van der Waals surface area contributed by atoms with Crippen LogP contribution in [0.3, 0.4) is 0 Å². The van der Waals surface area contributed by atoms with Gasteiger partial charge in [0.2, 0.25) is 0 Å². The third-order valence-corrected chi connectivity index (χ3v) is 3.99. The summed E-state index contributed by atoms with van der Waals surface area (Å²) in [5.41, 5.74) is 0.566. The van der Waals surface area contributed by atoms with Gasteiger partial charge in [0, 0.05) is 6.20 Å². The molecule has 19 heavy (non-hydrogen) atoms. The van der Waals surface area contributed by atoms with E-state index in [2.05, 4.69) is 20.9 Å². The molecule has 1 aliphatic carbocycles. The molecule has 1 heterocycles. The van der Waals surface area contributed by atoms with E-state index >= 15 is 0 Å². The number of carbonyl (C=O) groups excluding carboxylic acids is 1. The van der Waals surface area contributed by atoms with E-state index in [9.17, 15) is 4.79 Å². The van der Waals surface area contributed by atoms with Gasteiger partial charge in [0.05, 0.1) is 5.41 Å². The Bertz CT molecular complexity index is 609. The zero-order chi connectivity index (χ0) is 13.3. The van der Waals surface area contributed by atoms with Crippen molar-refractivity contribution in [2.45, 2.75) is 18.3 Å². The first-order valence-corrected chi connectivity index (χ1v) is 6.90. The summed E-state index contributed by atoms with van der Waals surface area (Å²) in [6.07, 6.45) is 3.33. The Balaban J connectivity index is 1.84. The van der Waals surface area contributed by atoms with Crippen molar-refractivity contribution >= 4 is 21.9 Å². The molecule has 3 rings (SSSR count). The quantitative estimate of drug-likeness (QED) is 0.642. The number of halogens is 1. The van der Waals surface area contributed by atoms with E-state index in [1.165, 1.54) is 0 Å². The van der Waals surface area contributed by atoms with Crippen molar-refractivity contribution in [3.63, 3.8) is 0 Å². The molecule has 1 aromatic carbocycles. The molecule has 1 aliphatic rings. The summed E-state index contributed by atoms with van der Waals surface area (Å²) < 4.78 is 6.03. The number of pyridine rings is 1. The number of rotatable bonds is 3. The maximum Gasteiger partial charge on any atom is 0.322 e. The van der Waals surface area contributed by atoms with Crippen molar-refractivity contribution in [1.29, 1.82) is 0 Å². The molecular weight excluding hydrogens is 306 g/mol. The number of hydrogen-bond acceptors (Lipinski definition) is 3. The zero-order valence-electron chi connectivity index (χ0n) is 10.2. The van der Waals surface area contributed by atoms with E-state index < -0.39 is 5.41 Å². The van der Waals surface area contributed by atoms with Crippen LogP contribution in [0.25, 0.3) is 0 Å². The molecule has 2 aromatic rings. The molecule has 1 saturated carbocycles. The minimum Gasteiger partial charge on any atom is -0.423 e. The molecule has 0 unspecified atom stereocenters. The predicted octanol–water partition coefficient (Wildman–Crippen LogP) is 3.48. The Hall–Kier alpha value is -1.68. The fourth-order valence-electron chi connectivity index (χ4n) is 2.14. The van der Waals surface area contributed by atoms with Gasteiger partial charge >= 0.3 is 5.97 Å². The van der Waals surface area contributed by atoms with Crippen LogP contribution in [0.15, 0.2) is 53.3 Å². The lowest BCUT2D eigenvalue weighted by Crippen LogP contribution is -2.26. The highest BCUT2D eigenvalue weighted by Gasteiger charge is 2.53. The van der Waals surface area contributed by atoms with Crippen LogP contribution in [0.1, 0.15) is 18.4 Å². The average Bonchev–Trinajstić information content (AvgIpc) is 3.24. The Kier molecular flexibility index (Phi) is 3.11. The molecular formula is C15H12BrNO2. The Labute approximate surface area is 119 Å². The molecule has 0 radical (unpaired) electrons. The summed E-state index contributed by atoms with van der Waals surface area (Å²) in [6, 6.07) is 13.3. The van der Waals surface area contributed by atoms with Crippen LogP contribution >= 0.6 is 15.9 Å². The van der Waals surface area contributed by atoms with Gasteiger partial charge < -0.3 is 4.74 Å². The average molecular weight is 318 g/mol. The second kappa shape index (κ2) is 4.78. The number of carbonyl (C=O) groups is 1. The molecule has 0 bridgehead atoms. The van der Waals surface area contributed by atoms with E-state index in [4.69, 9.17) is 4.74 Å². The minimum atomic E-state index is -0.462. The van der Waals surface area contributed by atoms with Crippen LogP contribution in [-0.4, -0.2) is 11.0 Å². The first-order chi connectivity index (χ1) is 9.22. The van der Waals surface area contributed by atoms with Crippen LogP contribution in [-0.2, 0) is 10.2 Å². The highest BCUT2D eigenvalue weighted by Crippen LogP contribution is 2.49. The second-order valence-corrected chi connectivity index (χ2v) is 5.38. The maximum atomic E-state index is 12.4. The summed E-state index contributed by atoms with van der Waals surface area (Å²) in [5, 5.41) is 0. The van der Waals surface area contributed by atoms with Gasteiger partial charge in [-0.25, -0.2) is 4.98 Å². The Morgan fingerprint density at radius 1 is 1.16 bits per heavy atom. The first kappa shape index (κ1) is 12.4. The van der Waals surface area contributed by atoms with Gasteiger partial charge in [-0.15, -0.1) is 0 Å². The normalized spacial score (nSPS) is 15.8. The molecule has 4 heteroatoms. The van der Waals surface area contributed by atoms with Gasteiger partial charge in [-0.05, 0) is 46.5 Å². The predicted molar refractivity (Wildman–Crippen MR) is 74.9 cm³/mol. The highest BCUT2D eigenvalue weighted by atomic mass is 79.9. The monoisotopic (exact) mass is 317 g/mol. The molecule has 0 aliphatic heterocycles. The van der Waals surface area contributed by atoms with Crippen LogP contribution in [0.2, 0.25) is 0 Å². The topological polar surface area (TPSA) is 39.2 Å². The van der Waals surface area contributed by atoms with Gasteiger partial charge in [-0.3, -0.25) is 4.79 Å². The zero-order valence-corrected chi connectivity index (χ0v) is 11.8. The SMILES string of the molecule is O=C(Oc1cccnc1Br)C1(c2ccccc2)CC1. The summed E-state index contributed by atoms with van der Waals surface area (Å²) >= 11 is 3.28. The molecule has 3 nitrogen and oxygen atoms in total. The summed E-state index contributed by atoms with van der Waals surface area (Å²) in [4.78, 5) is 16.4. The number of nitrogens with zero attached hydrogens (tertiary/aromatic N) is 1. The summed E-state index contributed by atoms with van der Waals surface area (Å²) in [7, 11) is 0. The van der Waals surface area contributed by atoms with Crippen molar-refractivity contribution < 1.29 is 9.53 Å². The third-order valence-electron chi connectivity index (χ3n) is 3.39. The van der Waals surface area contributed by atoms with Crippen LogP contribution < -0.4 is 4.74 Å². The lowest BCUT2D eigenvalue weighted by Gasteiger charge is -2.14. The Morgan fingerprint density at radius 3 is 2.53 bits per heavy atom. The molecule has 0 N–H and O–H groups in total. The van der Waals surface area contributed by atoms with E-state index in [1.54, 1.807) is 18.3 Å². The van der Waals surface area contributed by atoms with Crippen molar-refractivity contribution in [1.82, 2.24) is 4.98 Å². The van der Waals surface area contributed by atoms with Crippen LogP contribution in [0.5, 0.6) is 5.75 Å². The fraction of sp³-hybridized carbons (Fsp3) is 0.200. The lowest BCUT2D eigenvalue weighted by atomic mass is 9.96. The Morgan fingerprint density at radius 2 is 1.89 bits per heavy atom. The van der Waals surface area contributed by atoms with Crippen molar-refractivity contribution in [2.24, 2.45) is 0 Å². The van der Waals surface area contributed by atoms with Gasteiger partial charge in [-0.1, -0.05) is 30.3 Å². The van der Waals surface area contributed by atoms with Crippen LogP contribution in [0, 0.1) is 0 Å². The summed E-state index contributed by atoms with van der Waals surface area (Å²) in [5.74, 6) is 0.266. The number of esters is 1. The van der Waals surface area contributed by atoms with Gasteiger partial charge in [0.15, 0.2) is 5.75 Å². The maximum absolute atomic E-state index is 12.4. The van der Waals surface area contributed by atoms with Crippen LogP contribution in [0.4, 0.5) is 0 Å². The number of benzene rings is 1. The smallest absolute Gasteiger partial charge is 0.322 e. The highest BCUT2D eigenvalue weighted by molar-refractivity contribution is 9.10. The molecule has 1 fully saturated rings. The fourth-order valence-corrected chi connectivity index (χ4v) is 2.47. The van der Waals surface area contributed by atoms with Crippen molar-refractivity contribution in [3.05, 3.63) is 58.8 Å². The van der Waals surface area contributed by atoms with E-state index in [-0.39, 0.29) is 5.97 Å². The second-order valence-electron chi connectivity index (χ2n) is 4.63. The van der Waals surface area contributed by atoms with E-state index in [0.29, 0.717) is 10.4 Å². The standard InChI is InChI=1S/C15H12BrNO2/c16-13-12(7-4-10-17-13)19-14(18)15(8-9-15)11-5-2-1-3-6-11/h1-7,10H,8-9H2. The van der Waals surface area contributed by atoms with Crippen molar-refractivity contribution in [2.75, 3.05) is 0 Å². The first-order valence-electron chi connectivity index (χ1n) is 6.11. The van der Waals surface area contributed by atoms with E-state index in [0.717, 1.165) is 18.4 Å². The molecule has 0 saturated heterocycles. The van der Waals surface area contributed by atoms with Gasteiger partial charge in [0.1, 0.15) is 4.60 Å². The number of aromatic nitrogens is 1.